The number of hydrogen-bond donors (Lipinski definition) is 0. The number of hydrogen-bond acceptors (Lipinski definition) is 3. The topological polar surface area (TPSA) is 38.7 Å². The molecule has 0 saturated heterocycles. The Bertz CT molecular complexity index is 488. The molecule has 3 nitrogen and oxygen atoms in total. The van der Waals surface area contributed by atoms with Crippen molar-refractivity contribution in [3.63, 3.8) is 0 Å². The second-order valence-corrected chi connectivity index (χ2v) is 4.24. The maximum absolute atomic E-state index is 6.14. The van der Waals surface area contributed by atoms with Crippen molar-refractivity contribution in [2.45, 2.75) is 26.7 Å². The van der Waals surface area contributed by atoms with Gasteiger partial charge in [0.2, 0.25) is 0 Å². The smallest absolute Gasteiger partial charge is 0.136 e. The molecular formula is C13H14ClN3. The molecule has 0 aliphatic heterocycles. The summed E-state index contributed by atoms with van der Waals surface area (Å²) in [6.45, 7) is 4.03. The van der Waals surface area contributed by atoms with Crippen LogP contribution in [0.5, 0.6) is 0 Å². The first-order chi connectivity index (χ1) is 8.20. The van der Waals surface area contributed by atoms with E-state index in [-0.39, 0.29) is 0 Å². The zero-order valence-electron chi connectivity index (χ0n) is 9.94. The van der Waals surface area contributed by atoms with Crippen LogP contribution in [-0.2, 0) is 12.8 Å². The van der Waals surface area contributed by atoms with Gasteiger partial charge in [-0.3, -0.25) is 4.98 Å². The summed E-state index contributed by atoms with van der Waals surface area (Å²) >= 11 is 6.14. The van der Waals surface area contributed by atoms with Crippen LogP contribution in [0.3, 0.4) is 0 Å². The summed E-state index contributed by atoms with van der Waals surface area (Å²) in [6, 6.07) is 3.92. The molecule has 2 aromatic heterocycles. The summed E-state index contributed by atoms with van der Waals surface area (Å²) < 4.78 is 0. The molecule has 2 heterocycles. The van der Waals surface area contributed by atoms with E-state index >= 15 is 0 Å². The summed E-state index contributed by atoms with van der Waals surface area (Å²) in [5.41, 5.74) is 3.14. The molecule has 0 unspecified atom stereocenters. The van der Waals surface area contributed by atoms with Crippen molar-refractivity contribution in [3.05, 3.63) is 52.3 Å². The third kappa shape index (κ3) is 2.80. The molecule has 2 aromatic rings. The largest absolute Gasteiger partial charge is 0.265 e. The highest BCUT2D eigenvalue weighted by Crippen LogP contribution is 2.18. The molecule has 0 saturated carbocycles. The second-order valence-electron chi connectivity index (χ2n) is 3.88. The van der Waals surface area contributed by atoms with Crippen molar-refractivity contribution < 1.29 is 0 Å². The molecule has 0 N–H and O–H groups in total. The predicted octanol–water partition coefficient (Wildman–Crippen LogP) is 2.99. The summed E-state index contributed by atoms with van der Waals surface area (Å²) in [5.74, 6) is 0.760. The maximum atomic E-state index is 6.14. The number of aryl methyl sites for hydroxylation is 1. The molecule has 88 valence electrons. The van der Waals surface area contributed by atoms with Gasteiger partial charge in [0.25, 0.3) is 0 Å². The Morgan fingerprint density at radius 3 is 2.47 bits per heavy atom. The fourth-order valence-corrected chi connectivity index (χ4v) is 2.15. The van der Waals surface area contributed by atoms with E-state index in [0.717, 1.165) is 29.1 Å². The minimum absolute atomic E-state index is 0.573. The average Bonchev–Trinajstić information content (AvgIpc) is 2.30. The number of pyridine rings is 1. The van der Waals surface area contributed by atoms with Crippen LogP contribution in [-0.4, -0.2) is 15.0 Å². The van der Waals surface area contributed by atoms with Gasteiger partial charge in [-0.15, -0.1) is 0 Å². The Morgan fingerprint density at radius 2 is 1.88 bits per heavy atom. The van der Waals surface area contributed by atoms with Gasteiger partial charge in [-0.25, -0.2) is 9.97 Å². The van der Waals surface area contributed by atoms with E-state index in [2.05, 4.69) is 21.9 Å². The van der Waals surface area contributed by atoms with Crippen LogP contribution in [0.15, 0.2) is 24.5 Å². The minimum atomic E-state index is 0.573. The Labute approximate surface area is 106 Å². The van der Waals surface area contributed by atoms with Crippen molar-refractivity contribution in [3.8, 4) is 0 Å². The first-order valence-corrected chi connectivity index (χ1v) is 5.99. The van der Waals surface area contributed by atoms with Crippen molar-refractivity contribution in [1.29, 1.82) is 0 Å². The lowest BCUT2D eigenvalue weighted by Crippen LogP contribution is -2.03. The normalized spacial score (nSPS) is 10.5. The van der Waals surface area contributed by atoms with E-state index in [9.17, 15) is 0 Å². The molecule has 17 heavy (non-hydrogen) atoms. The highest BCUT2D eigenvalue weighted by atomic mass is 35.5. The van der Waals surface area contributed by atoms with Crippen LogP contribution in [0.1, 0.15) is 29.6 Å². The zero-order valence-corrected chi connectivity index (χ0v) is 10.7. The first-order valence-electron chi connectivity index (χ1n) is 5.61. The molecule has 0 fully saturated rings. The fourth-order valence-electron chi connectivity index (χ4n) is 1.78. The lowest BCUT2D eigenvalue weighted by atomic mass is 10.1. The third-order valence-electron chi connectivity index (χ3n) is 2.67. The summed E-state index contributed by atoms with van der Waals surface area (Å²) in [6.07, 6.45) is 5.09. The van der Waals surface area contributed by atoms with Gasteiger partial charge in [-0.2, -0.15) is 0 Å². The summed E-state index contributed by atoms with van der Waals surface area (Å²) in [7, 11) is 0. The molecule has 4 heteroatoms. The zero-order chi connectivity index (χ0) is 12.3. The maximum Gasteiger partial charge on any atom is 0.136 e. The van der Waals surface area contributed by atoms with Gasteiger partial charge in [0.05, 0.1) is 0 Å². The van der Waals surface area contributed by atoms with E-state index in [4.69, 9.17) is 11.6 Å². The predicted molar refractivity (Wildman–Crippen MR) is 68.2 cm³/mol. The molecule has 0 atom stereocenters. The van der Waals surface area contributed by atoms with Crippen molar-refractivity contribution in [1.82, 2.24) is 15.0 Å². The number of rotatable bonds is 3. The van der Waals surface area contributed by atoms with E-state index in [1.165, 1.54) is 0 Å². The van der Waals surface area contributed by atoms with Gasteiger partial charge in [-0.05, 0) is 31.0 Å². The van der Waals surface area contributed by atoms with Gasteiger partial charge >= 0.3 is 0 Å². The van der Waals surface area contributed by atoms with Gasteiger partial charge in [0.15, 0.2) is 0 Å². The quantitative estimate of drug-likeness (QED) is 0.783. The highest BCUT2D eigenvalue weighted by Gasteiger charge is 2.08. The Balaban J connectivity index is 2.29. The summed E-state index contributed by atoms with van der Waals surface area (Å²) in [5, 5.41) is 0.573. The van der Waals surface area contributed by atoms with Crippen LogP contribution in [0, 0.1) is 6.92 Å². The average molecular weight is 248 g/mol. The van der Waals surface area contributed by atoms with Gasteiger partial charge in [0, 0.05) is 30.1 Å². The molecule has 2 rings (SSSR count). The van der Waals surface area contributed by atoms with Crippen LogP contribution in [0.4, 0.5) is 0 Å². The lowest BCUT2D eigenvalue weighted by Gasteiger charge is -2.07. The van der Waals surface area contributed by atoms with Crippen LogP contribution >= 0.6 is 11.6 Å². The minimum Gasteiger partial charge on any atom is -0.265 e. The third-order valence-corrected chi connectivity index (χ3v) is 2.99. The number of nitrogens with zero attached hydrogens (tertiary/aromatic N) is 3. The van der Waals surface area contributed by atoms with Gasteiger partial charge < -0.3 is 0 Å². The van der Waals surface area contributed by atoms with Crippen molar-refractivity contribution in [2.24, 2.45) is 0 Å². The standard InChI is InChI=1S/C13H14ClN3/c1-3-11-9(2)16-12(17-13(11)14)8-10-4-6-15-7-5-10/h4-7H,3,8H2,1-2H3. The van der Waals surface area contributed by atoms with Crippen LogP contribution in [0.25, 0.3) is 0 Å². The Morgan fingerprint density at radius 1 is 1.18 bits per heavy atom. The molecule has 0 aliphatic rings. The van der Waals surface area contributed by atoms with Crippen LogP contribution < -0.4 is 0 Å². The monoisotopic (exact) mass is 247 g/mol. The SMILES string of the molecule is CCc1c(C)nc(Cc2ccncc2)nc1Cl. The van der Waals surface area contributed by atoms with E-state index in [1.807, 2.05) is 19.1 Å². The van der Waals surface area contributed by atoms with Crippen molar-refractivity contribution >= 4 is 11.6 Å². The molecule has 0 aromatic carbocycles. The second kappa shape index (κ2) is 5.23. The Kier molecular flexibility index (Phi) is 3.69. The Hall–Kier alpha value is -1.48. The number of aromatic nitrogens is 3. The summed E-state index contributed by atoms with van der Waals surface area (Å²) in [4.78, 5) is 12.8. The molecule has 0 spiro atoms. The van der Waals surface area contributed by atoms with Crippen molar-refractivity contribution in [2.75, 3.05) is 0 Å². The van der Waals surface area contributed by atoms with E-state index in [1.54, 1.807) is 12.4 Å². The van der Waals surface area contributed by atoms with Gasteiger partial charge in [0.1, 0.15) is 11.0 Å². The highest BCUT2D eigenvalue weighted by molar-refractivity contribution is 6.30. The lowest BCUT2D eigenvalue weighted by molar-refractivity contribution is 0.903. The molecular weight excluding hydrogens is 234 g/mol. The molecule has 0 amide bonds. The number of halogens is 1. The van der Waals surface area contributed by atoms with Gasteiger partial charge in [-0.1, -0.05) is 18.5 Å². The molecule has 0 bridgehead atoms. The van der Waals surface area contributed by atoms with E-state index < -0.39 is 0 Å². The fraction of sp³-hybridized carbons (Fsp3) is 0.308. The van der Waals surface area contributed by atoms with Crippen LogP contribution in [0.2, 0.25) is 5.15 Å². The van der Waals surface area contributed by atoms with E-state index in [0.29, 0.717) is 11.6 Å². The molecule has 0 radical (unpaired) electrons. The first kappa shape index (κ1) is 12.0. The molecule has 0 aliphatic carbocycles.